The lowest BCUT2D eigenvalue weighted by atomic mass is 10.1. The van der Waals surface area contributed by atoms with Gasteiger partial charge in [-0.15, -0.1) is 0 Å². The van der Waals surface area contributed by atoms with Gasteiger partial charge in [0.1, 0.15) is 5.82 Å². The van der Waals surface area contributed by atoms with Gasteiger partial charge >= 0.3 is 0 Å². The largest absolute Gasteiger partial charge is 0.310 e. The summed E-state index contributed by atoms with van der Waals surface area (Å²) in [5.74, 6) is -0.226. The van der Waals surface area contributed by atoms with E-state index in [0.717, 1.165) is 21.4 Å². The first-order valence-corrected chi connectivity index (χ1v) is 7.96. The number of anilines is 1. The van der Waals surface area contributed by atoms with Gasteiger partial charge in [0.2, 0.25) is 5.91 Å². The van der Waals surface area contributed by atoms with Crippen LogP contribution in [-0.2, 0) is 11.8 Å². The van der Waals surface area contributed by atoms with Crippen molar-refractivity contribution in [2.24, 2.45) is 7.05 Å². The zero-order chi connectivity index (χ0) is 20.8. The topological polar surface area (TPSA) is 75.9 Å². The van der Waals surface area contributed by atoms with Crippen LogP contribution < -0.4 is 5.32 Å². The first-order valence-electron chi connectivity index (χ1n) is 9.96. The van der Waals surface area contributed by atoms with Crippen molar-refractivity contribution >= 4 is 22.6 Å². The summed E-state index contributed by atoms with van der Waals surface area (Å²) in [6.45, 7) is -4.12. The maximum absolute atomic E-state index is 12.4. The second-order valence-electron chi connectivity index (χ2n) is 5.84. The Morgan fingerprint density at radius 1 is 1.20 bits per heavy atom. The van der Waals surface area contributed by atoms with Gasteiger partial charge in [0.25, 0.3) is 0 Å². The number of amides is 1. The molecule has 1 fully saturated rings. The molecule has 0 spiro atoms. The number of likely N-dealkylation sites (tertiary alicyclic amines) is 1. The lowest BCUT2D eigenvalue weighted by Gasteiger charge is -2.13. The maximum atomic E-state index is 12.4. The molecule has 4 heterocycles. The predicted octanol–water partition coefficient (Wildman–Crippen LogP) is 2.06. The number of hydrogen-bond acceptors (Lipinski definition) is 5. The summed E-state index contributed by atoms with van der Waals surface area (Å²) >= 11 is 0. The van der Waals surface area contributed by atoms with Crippen LogP contribution in [-0.4, -0.2) is 50.1 Å². The summed E-state index contributed by atoms with van der Waals surface area (Å²) < 4.78 is 33.4. The first-order chi connectivity index (χ1) is 13.6. The van der Waals surface area contributed by atoms with E-state index in [1.165, 1.54) is 0 Å². The van der Waals surface area contributed by atoms with Crippen LogP contribution in [0.1, 0.15) is 18.3 Å². The summed E-state index contributed by atoms with van der Waals surface area (Å²) in [4.78, 5) is 21.9. The molecule has 1 N–H and O–H groups in total. The monoisotopic (exact) mass is 340 g/mol. The van der Waals surface area contributed by atoms with Crippen molar-refractivity contribution in [3.05, 3.63) is 36.9 Å². The van der Waals surface area contributed by atoms with Crippen molar-refractivity contribution in [3.8, 4) is 11.1 Å². The average molecular weight is 340 g/mol. The van der Waals surface area contributed by atoms with Gasteiger partial charge in [-0.3, -0.25) is 19.4 Å². The van der Waals surface area contributed by atoms with Gasteiger partial charge in [0.05, 0.1) is 24.5 Å². The van der Waals surface area contributed by atoms with E-state index in [1.54, 1.807) is 29.3 Å². The van der Waals surface area contributed by atoms with Crippen molar-refractivity contribution in [2.75, 3.05) is 24.9 Å². The molecule has 0 atom stereocenters. The van der Waals surface area contributed by atoms with Crippen LogP contribution >= 0.6 is 0 Å². The minimum atomic E-state index is -1.86. The Balaban J connectivity index is 1.54. The van der Waals surface area contributed by atoms with Crippen molar-refractivity contribution in [1.82, 2.24) is 24.6 Å². The van der Waals surface area contributed by atoms with Crippen molar-refractivity contribution in [1.29, 1.82) is 0 Å². The number of hydrogen-bond donors (Lipinski definition) is 1. The van der Waals surface area contributed by atoms with Gasteiger partial charge in [0.15, 0.2) is 0 Å². The standard InChI is InChI=1S/C18H20N6O/c1-23-11-15(9-21-23)14-6-13-7-17(20-10-16(13)19-8-14)22-18(25)12-24-4-2-3-5-24/h6-11H,2-5,12H2,1H3,(H,20,22,25)/i4D2,5D2. The van der Waals surface area contributed by atoms with Crippen LogP contribution in [0, 0.1) is 0 Å². The molecule has 0 aliphatic carbocycles. The van der Waals surface area contributed by atoms with E-state index in [0.29, 0.717) is 11.3 Å². The third-order valence-corrected chi connectivity index (χ3v) is 3.91. The third-order valence-electron chi connectivity index (χ3n) is 3.91. The molecule has 0 bridgehead atoms. The summed E-state index contributed by atoms with van der Waals surface area (Å²) in [5, 5.41) is 7.57. The lowest BCUT2D eigenvalue weighted by Crippen LogP contribution is -2.31. The fourth-order valence-corrected chi connectivity index (χ4v) is 2.70. The fourth-order valence-electron chi connectivity index (χ4n) is 2.70. The van der Waals surface area contributed by atoms with Gasteiger partial charge in [-0.1, -0.05) is 0 Å². The average Bonchev–Trinajstić information content (AvgIpc) is 3.18. The molecule has 3 aromatic rings. The number of carbonyl (C=O) groups excluding carboxylic acids is 1. The molecule has 128 valence electrons. The maximum Gasteiger partial charge on any atom is 0.239 e. The quantitative estimate of drug-likeness (QED) is 0.787. The Hall–Kier alpha value is -2.80. The minimum Gasteiger partial charge on any atom is -0.310 e. The minimum absolute atomic E-state index is 0.0459. The van der Waals surface area contributed by atoms with Crippen molar-refractivity contribution in [2.45, 2.75) is 12.8 Å². The predicted molar refractivity (Wildman–Crippen MR) is 96.0 cm³/mol. The third kappa shape index (κ3) is 3.51. The number of nitrogens with zero attached hydrogens (tertiary/aromatic N) is 5. The number of fused-ring (bicyclic) bond motifs is 1. The Bertz CT molecular complexity index is 1070. The van der Waals surface area contributed by atoms with Crippen LogP contribution in [0.3, 0.4) is 0 Å². The number of carbonyl (C=O) groups is 1. The molecule has 0 unspecified atom stereocenters. The molecule has 1 amide bonds. The second kappa shape index (κ2) is 6.60. The highest BCUT2D eigenvalue weighted by Gasteiger charge is 2.15. The molecule has 3 aromatic heterocycles. The van der Waals surface area contributed by atoms with E-state index in [4.69, 9.17) is 5.48 Å². The molecule has 25 heavy (non-hydrogen) atoms. The van der Waals surface area contributed by atoms with E-state index in [-0.39, 0.29) is 12.8 Å². The number of rotatable bonds is 4. The van der Waals surface area contributed by atoms with Gasteiger partial charge < -0.3 is 5.32 Å². The highest BCUT2D eigenvalue weighted by molar-refractivity contribution is 5.93. The van der Waals surface area contributed by atoms with Crippen LogP contribution in [0.4, 0.5) is 5.82 Å². The zero-order valence-corrected chi connectivity index (χ0v) is 13.7. The second-order valence-corrected chi connectivity index (χ2v) is 5.84. The highest BCUT2D eigenvalue weighted by Crippen LogP contribution is 2.23. The Kier molecular flexibility index (Phi) is 3.09. The van der Waals surface area contributed by atoms with Gasteiger partial charge in [-0.05, 0) is 38.0 Å². The van der Waals surface area contributed by atoms with Crippen LogP contribution in [0.2, 0.25) is 0 Å². The smallest absolute Gasteiger partial charge is 0.239 e. The van der Waals surface area contributed by atoms with E-state index < -0.39 is 25.4 Å². The van der Waals surface area contributed by atoms with E-state index in [1.807, 2.05) is 19.3 Å². The summed E-state index contributed by atoms with van der Waals surface area (Å²) in [5.41, 5.74) is 2.47. The molecule has 4 rings (SSSR count). The summed E-state index contributed by atoms with van der Waals surface area (Å²) in [7, 11) is 1.83. The fraction of sp³-hybridized carbons (Fsp3) is 0.333. The van der Waals surface area contributed by atoms with E-state index in [2.05, 4.69) is 20.4 Å². The zero-order valence-electron chi connectivity index (χ0n) is 17.7. The van der Waals surface area contributed by atoms with Crippen LogP contribution in [0.25, 0.3) is 22.0 Å². The molecule has 0 saturated carbocycles. The Morgan fingerprint density at radius 2 is 2.04 bits per heavy atom. The molecule has 1 aliphatic heterocycles. The number of aryl methyl sites for hydroxylation is 1. The molecule has 1 saturated heterocycles. The molecular weight excluding hydrogens is 316 g/mol. The Morgan fingerprint density at radius 3 is 2.80 bits per heavy atom. The lowest BCUT2D eigenvalue weighted by molar-refractivity contribution is -0.117. The highest BCUT2D eigenvalue weighted by atomic mass is 16.2. The molecule has 0 radical (unpaired) electrons. The number of pyridine rings is 2. The molecule has 7 nitrogen and oxygen atoms in total. The molecular formula is C18H20N6O. The van der Waals surface area contributed by atoms with Crippen LogP contribution in [0.15, 0.2) is 36.9 Å². The number of nitrogens with one attached hydrogen (secondary N) is 1. The first kappa shape index (κ1) is 11.7. The number of aromatic nitrogens is 4. The summed E-state index contributed by atoms with van der Waals surface area (Å²) in [6.07, 6.45) is 6.99. The van der Waals surface area contributed by atoms with Crippen molar-refractivity contribution in [3.63, 3.8) is 0 Å². The summed E-state index contributed by atoms with van der Waals surface area (Å²) in [6, 6.07) is 3.61. The molecule has 0 aromatic carbocycles. The van der Waals surface area contributed by atoms with Gasteiger partial charge in [0, 0.05) is 41.4 Å². The molecule has 7 heteroatoms. The normalized spacial score (nSPS) is 21.3. The van der Waals surface area contributed by atoms with Crippen LogP contribution in [0.5, 0.6) is 0 Å². The Labute approximate surface area is 151 Å². The van der Waals surface area contributed by atoms with E-state index >= 15 is 0 Å². The van der Waals surface area contributed by atoms with E-state index in [9.17, 15) is 4.79 Å². The SMILES string of the molecule is [2H]C1([2H])CCC([2H])([2H])N1CC(=O)Nc1cc2cc(-c3cnn(C)c3)cnc2cn1. The van der Waals surface area contributed by atoms with Crippen molar-refractivity contribution < 1.29 is 10.3 Å². The van der Waals surface area contributed by atoms with Gasteiger partial charge in [-0.25, -0.2) is 4.98 Å². The molecule has 1 aliphatic rings. The van der Waals surface area contributed by atoms with Gasteiger partial charge in [-0.2, -0.15) is 5.10 Å².